The van der Waals surface area contributed by atoms with Gasteiger partial charge in [-0.1, -0.05) is 0 Å². The molecule has 3 rings (SSSR count). The molecular weight excluding hydrogens is 274 g/mol. The van der Waals surface area contributed by atoms with Crippen molar-refractivity contribution in [2.75, 3.05) is 7.05 Å². The Morgan fingerprint density at radius 2 is 2.24 bits per heavy atom. The molecule has 0 spiro atoms. The molecule has 0 aromatic carbocycles. The molecule has 1 heterocycles. The van der Waals surface area contributed by atoms with E-state index in [1.807, 2.05) is 0 Å². The van der Waals surface area contributed by atoms with Crippen LogP contribution in [-0.4, -0.2) is 50.3 Å². The Morgan fingerprint density at radius 3 is 2.90 bits per heavy atom. The van der Waals surface area contributed by atoms with Gasteiger partial charge in [-0.15, -0.1) is 0 Å². The first-order chi connectivity index (χ1) is 10.1. The third kappa shape index (κ3) is 2.57. The maximum atomic E-state index is 12.2. The second-order valence-electron chi connectivity index (χ2n) is 5.96. The Hall–Kier alpha value is -2.12. The lowest BCUT2D eigenvalue weighted by Crippen LogP contribution is -2.50. The van der Waals surface area contributed by atoms with Gasteiger partial charge in [0.1, 0.15) is 12.2 Å². The maximum Gasteiger partial charge on any atom is 0.317 e. The zero-order valence-electron chi connectivity index (χ0n) is 11.8. The third-order valence-corrected chi connectivity index (χ3v) is 4.69. The van der Waals surface area contributed by atoms with E-state index in [2.05, 4.69) is 20.5 Å². The highest BCUT2D eigenvalue weighted by Gasteiger charge is 2.51. The minimum absolute atomic E-state index is 0.206. The Morgan fingerprint density at radius 1 is 1.48 bits per heavy atom. The van der Waals surface area contributed by atoms with Crippen LogP contribution in [0.5, 0.6) is 0 Å². The molecule has 0 saturated heterocycles. The van der Waals surface area contributed by atoms with Gasteiger partial charge in [-0.2, -0.15) is 5.10 Å². The predicted molar refractivity (Wildman–Crippen MR) is 72.1 cm³/mol. The molecule has 0 radical (unpaired) electrons. The van der Waals surface area contributed by atoms with Gasteiger partial charge in [-0.3, -0.25) is 9.89 Å². The summed E-state index contributed by atoms with van der Waals surface area (Å²) in [5.74, 6) is -0.164. The van der Waals surface area contributed by atoms with Gasteiger partial charge in [0.15, 0.2) is 0 Å². The molecule has 1 aromatic rings. The average Bonchev–Trinajstić information content (AvgIpc) is 3.14. The molecule has 0 aliphatic heterocycles. The number of aliphatic carboxylic acids is 1. The molecule has 4 atom stereocenters. The highest BCUT2D eigenvalue weighted by Crippen LogP contribution is 2.48. The van der Waals surface area contributed by atoms with Crippen molar-refractivity contribution in [1.82, 2.24) is 25.4 Å². The minimum Gasteiger partial charge on any atom is -0.481 e. The SMILES string of the molecule is CN(Cc1ncn[nH]1)C(=O)NC1C2CCC(C2)C1C(=O)O. The fourth-order valence-corrected chi connectivity index (χ4v) is 3.71. The Balaban J connectivity index is 1.62. The van der Waals surface area contributed by atoms with Crippen LogP contribution in [0.15, 0.2) is 6.33 Å². The number of urea groups is 1. The highest BCUT2D eigenvalue weighted by molar-refractivity contribution is 5.77. The second-order valence-corrected chi connectivity index (χ2v) is 5.96. The number of nitrogens with zero attached hydrogens (tertiary/aromatic N) is 3. The van der Waals surface area contributed by atoms with Gasteiger partial charge >= 0.3 is 12.0 Å². The average molecular weight is 293 g/mol. The number of amides is 2. The zero-order valence-corrected chi connectivity index (χ0v) is 11.8. The Labute approximate surface area is 121 Å². The summed E-state index contributed by atoms with van der Waals surface area (Å²) in [6.07, 6.45) is 4.26. The number of hydrogen-bond acceptors (Lipinski definition) is 4. The van der Waals surface area contributed by atoms with E-state index in [1.165, 1.54) is 11.2 Å². The number of aromatic amines is 1. The molecule has 21 heavy (non-hydrogen) atoms. The zero-order chi connectivity index (χ0) is 15.0. The summed E-state index contributed by atoms with van der Waals surface area (Å²) in [7, 11) is 1.65. The summed E-state index contributed by atoms with van der Waals surface area (Å²) >= 11 is 0. The van der Waals surface area contributed by atoms with Crippen LogP contribution in [0.3, 0.4) is 0 Å². The van der Waals surface area contributed by atoms with Crippen molar-refractivity contribution in [2.45, 2.75) is 31.8 Å². The van der Waals surface area contributed by atoms with Gasteiger partial charge in [-0.25, -0.2) is 9.78 Å². The standard InChI is InChI=1S/C13H19N5O3/c1-18(5-9-14-6-15-17-9)13(21)16-11-8-3-2-7(4-8)10(11)12(19)20/h6-8,10-11H,2-5H2,1H3,(H,16,21)(H,19,20)(H,14,15,17). The molecule has 114 valence electrons. The van der Waals surface area contributed by atoms with Gasteiger partial charge in [-0.05, 0) is 31.1 Å². The van der Waals surface area contributed by atoms with E-state index < -0.39 is 11.9 Å². The summed E-state index contributed by atoms with van der Waals surface area (Å²) in [6, 6.07) is -0.527. The molecule has 2 aliphatic carbocycles. The quantitative estimate of drug-likeness (QED) is 0.746. The van der Waals surface area contributed by atoms with Crippen LogP contribution >= 0.6 is 0 Å². The number of H-pyrrole nitrogens is 1. The fourth-order valence-electron chi connectivity index (χ4n) is 3.71. The molecule has 3 N–H and O–H groups in total. The lowest BCUT2D eigenvalue weighted by molar-refractivity contribution is -0.144. The van der Waals surface area contributed by atoms with Crippen LogP contribution < -0.4 is 5.32 Å². The number of aromatic nitrogens is 3. The molecule has 2 bridgehead atoms. The van der Waals surface area contributed by atoms with Crippen LogP contribution in [0.25, 0.3) is 0 Å². The molecule has 2 fully saturated rings. The van der Waals surface area contributed by atoms with Crippen molar-refractivity contribution in [2.24, 2.45) is 17.8 Å². The number of carboxylic acid groups (broad SMARTS) is 1. The molecule has 8 heteroatoms. The summed E-state index contributed by atoms with van der Waals surface area (Å²) in [5.41, 5.74) is 0. The summed E-state index contributed by atoms with van der Waals surface area (Å²) < 4.78 is 0. The molecular formula is C13H19N5O3. The molecule has 4 unspecified atom stereocenters. The molecule has 1 aromatic heterocycles. The van der Waals surface area contributed by atoms with Crippen molar-refractivity contribution in [3.63, 3.8) is 0 Å². The van der Waals surface area contributed by atoms with E-state index in [0.29, 0.717) is 18.3 Å². The molecule has 2 aliphatic rings. The third-order valence-electron chi connectivity index (χ3n) is 4.69. The monoisotopic (exact) mass is 293 g/mol. The number of hydrogen-bond donors (Lipinski definition) is 3. The highest BCUT2D eigenvalue weighted by atomic mass is 16.4. The minimum atomic E-state index is -0.801. The number of carbonyl (C=O) groups is 2. The predicted octanol–water partition coefficient (Wildman–Crippen LogP) is 0.445. The van der Waals surface area contributed by atoms with Gasteiger partial charge in [0.05, 0.1) is 12.5 Å². The van der Waals surface area contributed by atoms with Crippen LogP contribution in [0.1, 0.15) is 25.1 Å². The Kier molecular flexibility index (Phi) is 3.52. The topological polar surface area (TPSA) is 111 Å². The molecule has 2 saturated carbocycles. The van der Waals surface area contributed by atoms with Crippen molar-refractivity contribution in [3.8, 4) is 0 Å². The second kappa shape index (κ2) is 5.34. The van der Waals surface area contributed by atoms with Gasteiger partial charge < -0.3 is 15.3 Å². The summed E-state index contributed by atoms with van der Waals surface area (Å²) in [6.45, 7) is 0.310. The van der Waals surface area contributed by atoms with E-state index in [9.17, 15) is 14.7 Å². The van der Waals surface area contributed by atoms with E-state index in [4.69, 9.17) is 0 Å². The number of carbonyl (C=O) groups excluding carboxylic acids is 1. The number of fused-ring (bicyclic) bond motifs is 2. The van der Waals surface area contributed by atoms with Gasteiger partial charge in [0, 0.05) is 13.1 Å². The van der Waals surface area contributed by atoms with E-state index in [0.717, 1.165) is 19.3 Å². The van der Waals surface area contributed by atoms with Crippen molar-refractivity contribution in [3.05, 3.63) is 12.2 Å². The first-order valence-corrected chi connectivity index (χ1v) is 7.15. The first kappa shape index (κ1) is 13.8. The van der Waals surface area contributed by atoms with E-state index in [1.54, 1.807) is 7.05 Å². The number of carboxylic acids is 1. The summed E-state index contributed by atoms with van der Waals surface area (Å²) in [5, 5.41) is 18.7. The summed E-state index contributed by atoms with van der Waals surface area (Å²) in [4.78, 5) is 29.1. The maximum absolute atomic E-state index is 12.2. The van der Waals surface area contributed by atoms with Crippen molar-refractivity contribution < 1.29 is 14.7 Å². The lowest BCUT2D eigenvalue weighted by Gasteiger charge is -2.30. The van der Waals surface area contributed by atoms with Gasteiger partial charge in [0.2, 0.25) is 0 Å². The van der Waals surface area contributed by atoms with Crippen molar-refractivity contribution >= 4 is 12.0 Å². The van der Waals surface area contributed by atoms with E-state index in [-0.39, 0.29) is 18.0 Å². The molecule has 2 amide bonds. The first-order valence-electron chi connectivity index (χ1n) is 7.15. The number of nitrogens with one attached hydrogen (secondary N) is 2. The fraction of sp³-hybridized carbons (Fsp3) is 0.692. The van der Waals surface area contributed by atoms with Crippen LogP contribution in [0.2, 0.25) is 0 Å². The van der Waals surface area contributed by atoms with Crippen molar-refractivity contribution in [1.29, 1.82) is 0 Å². The normalized spacial score (nSPS) is 30.3. The Bertz CT molecular complexity index is 532. The lowest BCUT2D eigenvalue weighted by atomic mass is 9.84. The largest absolute Gasteiger partial charge is 0.481 e. The smallest absolute Gasteiger partial charge is 0.317 e. The van der Waals surface area contributed by atoms with E-state index >= 15 is 0 Å². The van der Waals surface area contributed by atoms with Crippen LogP contribution in [0, 0.1) is 17.8 Å². The number of rotatable bonds is 4. The van der Waals surface area contributed by atoms with Crippen LogP contribution in [-0.2, 0) is 11.3 Å². The van der Waals surface area contributed by atoms with Gasteiger partial charge in [0.25, 0.3) is 0 Å². The molecule has 8 nitrogen and oxygen atoms in total. The van der Waals surface area contributed by atoms with Crippen LogP contribution in [0.4, 0.5) is 4.79 Å².